The number of benzene rings is 2. The van der Waals surface area contributed by atoms with Gasteiger partial charge in [0.15, 0.2) is 0 Å². The van der Waals surface area contributed by atoms with Crippen LogP contribution in [0.15, 0.2) is 48.5 Å². The number of ether oxygens (including phenoxy) is 1. The Morgan fingerprint density at radius 3 is 2.60 bits per heavy atom. The van der Waals surface area contributed by atoms with Gasteiger partial charge in [0.2, 0.25) is 5.91 Å². The molecule has 20 heavy (non-hydrogen) atoms. The lowest BCUT2D eigenvalue weighted by molar-refractivity contribution is -0.114. The number of hydrogen-bond donors (Lipinski definition) is 2. The second-order valence-corrected chi connectivity index (χ2v) is 4.02. The minimum atomic E-state index is -0.250. The Labute approximate surface area is 116 Å². The van der Waals surface area contributed by atoms with Crippen molar-refractivity contribution in [1.29, 1.82) is 5.26 Å². The van der Waals surface area contributed by atoms with Gasteiger partial charge in [0.25, 0.3) is 0 Å². The van der Waals surface area contributed by atoms with Gasteiger partial charge in [-0.3, -0.25) is 4.79 Å². The fourth-order valence-electron chi connectivity index (χ4n) is 1.58. The van der Waals surface area contributed by atoms with E-state index in [1.165, 1.54) is 0 Å². The van der Waals surface area contributed by atoms with E-state index in [2.05, 4.69) is 11.4 Å². The van der Waals surface area contributed by atoms with Crippen molar-refractivity contribution in [1.82, 2.24) is 0 Å². The summed E-state index contributed by atoms with van der Waals surface area (Å²) < 4.78 is 5.62. The molecule has 0 atom stereocenters. The lowest BCUT2D eigenvalue weighted by Crippen LogP contribution is -2.21. The van der Waals surface area contributed by atoms with Crippen LogP contribution < -0.4 is 15.8 Å². The second kappa shape index (κ2) is 6.36. The third-order valence-corrected chi connectivity index (χ3v) is 2.52. The van der Waals surface area contributed by atoms with Crippen molar-refractivity contribution >= 4 is 11.6 Å². The van der Waals surface area contributed by atoms with Crippen LogP contribution in [0.2, 0.25) is 0 Å². The molecule has 0 aliphatic heterocycles. The molecule has 0 saturated heterocycles. The average Bonchev–Trinajstić information content (AvgIpc) is 2.49. The fraction of sp³-hybridized carbons (Fsp3) is 0.0667. The van der Waals surface area contributed by atoms with Crippen molar-refractivity contribution in [2.45, 2.75) is 0 Å². The Morgan fingerprint density at radius 2 is 1.95 bits per heavy atom. The van der Waals surface area contributed by atoms with E-state index in [1.807, 2.05) is 0 Å². The summed E-state index contributed by atoms with van der Waals surface area (Å²) in [7, 11) is 0. The predicted molar refractivity (Wildman–Crippen MR) is 75.4 cm³/mol. The molecule has 0 heterocycles. The second-order valence-electron chi connectivity index (χ2n) is 4.02. The van der Waals surface area contributed by atoms with E-state index in [9.17, 15) is 4.79 Å². The van der Waals surface area contributed by atoms with Crippen molar-refractivity contribution in [2.75, 3.05) is 11.9 Å². The quantitative estimate of drug-likeness (QED) is 0.889. The Balaban J connectivity index is 2.07. The first-order valence-corrected chi connectivity index (χ1v) is 5.99. The number of rotatable bonds is 4. The molecule has 0 spiro atoms. The Morgan fingerprint density at radius 1 is 1.20 bits per heavy atom. The maximum absolute atomic E-state index is 11.1. The SMILES string of the molecule is N#Cc1cccc(Oc2ccc(NC(=O)CN)cc2)c1. The first kappa shape index (κ1) is 13.6. The molecule has 0 unspecified atom stereocenters. The van der Waals surface area contributed by atoms with Gasteiger partial charge in [-0.25, -0.2) is 0 Å². The topological polar surface area (TPSA) is 88.1 Å². The zero-order valence-corrected chi connectivity index (χ0v) is 10.7. The Hall–Kier alpha value is -2.84. The van der Waals surface area contributed by atoms with Gasteiger partial charge in [0, 0.05) is 5.69 Å². The molecule has 2 aromatic rings. The zero-order valence-electron chi connectivity index (χ0n) is 10.7. The maximum Gasteiger partial charge on any atom is 0.238 e. The van der Waals surface area contributed by atoms with Gasteiger partial charge in [-0.15, -0.1) is 0 Å². The first-order valence-electron chi connectivity index (χ1n) is 5.99. The Bertz CT molecular complexity index is 645. The van der Waals surface area contributed by atoms with E-state index < -0.39 is 0 Å². The summed E-state index contributed by atoms with van der Waals surface area (Å²) in [6, 6.07) is 15.8. The number of nitrogens with two attached hydrogens (primary N) is 1. The molecule has 1 amide bonds. The monoisotopic (exact) mass is 267 g/mol. The van der Waals surface area contributed by atoms with Crippen LogP contribution in [0.25, 0.3) is 0 Å². The summed E-state index contributed by atoms with van der Waals surface area (Å²) in [6.07, 6.45) is 0. The number of nitrogens with one attached hydrogen (secondary N) is 1. The third-order valence-electron chi connectivity index (χ3n) is 2.52. The van der Waals surface area contributed by atoms with E-state index in [0.717, 1.165) is 0 Å². The Kier molecular flexibility index (Phi) is 4.32. The van der Waals surface area contributed by atoms with Crippen molar-refractivity contribution in [2.24, 2.45) is 5.73 Å². The van der Waals surface area contributed by atoms with Crippen LogP contribution >= 0.6 is 0 Å². The number of anilines is 1. The van der Waals surface area contributed by atoms with Gasteiger partial charge in [0.05, 0.1) is 18.2 Å². The summed E-state index contributed by atoms with van der Waals surface area (Å²) >= 11 is 0. The summed E-state index contributed by atoms with van der Waals surface area (Å²) in [4.78, 5) is 11.1. The predicted octanol–water partition coefficient (Wildman–Crippen LogP) is 2.25. The highest BCUT2D eigenvalue weighted by atomic mass is 16.5. The van der Waals surface area contributed by atoms with Crippen LogP contribution in [0, 0.1) is 11.3 Å². The minimum Gasteiger partial charge on any atom is -0.457 e. The number of nitriles is 1. The molecule has 0 fully saturated rings. The summed E-state index contributed by atoms with van der Waals surface area (Å²) in [5, 5.41) is 11.5. The number of carbonyl (C=O) groups is 1. The van der Waals surface area contributed by atoms with Crippen molar-refractivity contribution < 1.29 is 9.53 Å². The third kappa shape index (κ3) is 3.57. The molecule has 2 rings (SSSR count). The molecule has 0 radical (unpaired) electrons. The van der Waals surface area contributed by atoms with Crippen LogP contribution in [-0.4, -0.2) is 12.5 Å². The number of amides is 1. The van der Waals surface area contributed by atoms with Crippen molar-refractivity contribution in [3.63, 3.8) is 0 Å². The molecular weight excluding hydrogens is 254 g/mol. The van der Waals surface area contributed by atoms with E-state index >= 15 is 0 Å². The van der Waals surface area contributed by atoms with Crippen LogP contribution in [0.5, 0.6) is 11.5 Å². The van der Waals surface area contributed by atoms with Crippen LogP contribution in [-0.2, 0) is 4.79 Å². The highest BCUT2D eigenvalue weighted by Gasteiger charge is 2.01. The number of nitrogens with zero attached hydrogens (tertiary/aromatic N) is 1. The molecule has 0 aliphatic carbocycles. The number of hydrogen-bond acceptors (Lipinski definition) is 4. The van der Waals surface area contributed by atoms with Crippen LogP contribution in [0.1, 0.15) is 5.56 Å². The standard InChI is InChI=1S/C15H13N3O2/c16-9-11-2-1-3-14(8-11)20-13-6-4-12(5-7-13)18-15(19)10-17/h1-8H,10,17H2,(H,18,19). The van der Waals surface area contributed by atoms with Gasteiger partial charge >= 0.3 is 0 Å². The van der Waals surface area contributed by atoms with Gasteiger partial charge in [0.1, 0.15) is 11.5 Å². The molecule has 0 bridgehead atoms. The molecule has 5 nitrogen and oxygen atoms in total. The molecule has 5 heteroatoms. The van der Waals surface area contributed by atoms with Gasteiger partial charge in [-0.05, 0) is 42.5 Å². The highest BCUT2D eigenvalue weighted by Crippen LogP contribution is 2.23. The molecule has 0 saturated carbocycles. The van der Waals surface area contributed by atoms with E-state index in [0.29, 0.717) is 22.7 Å². The lowest BCUT2D eigenvalue weighted by atomic mass is 10.2. The highest BCUT2D eigenvalue weighted by molar-refractivity contribution is 5.92. The van der Waals surface area contributed by atoms with E-state index in [1.54, 1.807) is 48.5 Å². The van der Waals surface area contributed by atoms with Crippen LogP contribution in [0.4, 0.5) is 5.69 Å². The normalized spacial score (nSPS) is 9.60. The smallest absolute Gasteiger partial charge is 0.238 e. The largest absolute Gasteiger partial charge is 0.457 e. The molecule has 3 N–H and O–H groups in total. The van der Waals surface area contributed by atoms with Gasteiger partial charge < -0.3 is 15.8 Å². The lowest BCUT2D eigenvalue weighted by Gasteiger charge is -2.07. The molecule has 100 valence electrons. The maximum atomic E-state index is 11.1. The van der Waals surface area contributed by atoms with Crippen LogP contribution in [0.3, 0.4) is 0 Å². The molecule has 0 aromatic heterocycles. The summed E-state index contributed by atoms with van der Waals surface area (Å²) in [5.74, 6) is 0.953. The van der Waals surface area contributed by atoms with Crippen molar-refractivity contribution in [3.8, 4) is 17.6 Å². The van der Waals surface area contributed by atoms with Crippen molar-refractivity contribution in [3.05, 3.63) is 54.1 Å². The molecular formula is C15H13N3O2. The number of carbonyl (C=O) groups excluding carboxylic acids is 1. The summed E-state index contributed by atoms with van der Waals surface area (Å²) in [6.45, 7) is -0.0563. The average molecular weight is 267 g/mol. The fourth-order valence-corrected chi connectivity index (χ4v) is 1.58. The molecule has 2 aromatic carbocycles. The first-order chi connectivity index (χ1) is 9.71. The summed E-state index contributed by atoms with van der Waals surface area (Å²) in [5.41, 5.74) is 6.40. The van der Waals surface area contributed by atoms with E-state index in [-0.39, 0.29) is 12.5 Å². The van der Waals surface area contributed by atoms with E-state index in [4.69, 9.17) is 15.7 Å². The van der Waals surface area contributed by atoms with Gasteiger partial charge in [-0.1, -0.05) is 6.07 Å². The van der Waals surface area contributed by atoms with Gasteiger partial charge in [-0.2, -0.15) is 5.26 Å². The minimum absolute atomic E-state index is 0.0563. The molecule has 0 aliphatic rings. The zero-order chi connectivity index (χ0) is 14.4.